The molecule has 1 atom stereocenters. The lowest BCUT2D eigenvalue weighted by Gasteiger charge is -2.24. The van der Waals surface area contributed by atoms with Gasteiger partial charge in [0.05, 0.1) is 18.8 Å². The highest BCUT2D eigenvalue weighted by molar-refractivity contribution is 5.82. The van der Waals surface area contributed by atoms with Crippen LogP contribution in [0.1, 0.15) is 31.9 Å². The summed E-state index contributed by atoms with van der Waals surface area (Å²) in [5.41, 5.74) is 5.79. The van der Waals surface area contributed by atoms with Crippen molar-refractivity contribution in [2.24, 2.45) is 5.73 Å². The molecule has 0 radical (unpaired) electrons. The van der Waals surface area contributed by atoms with Gasteiger partial charge in [0, 0.05) is 6.04 Å². The molecule has 0 unspecified atom stereocenters. The van der Waals surface area contributed by atoms with Crippen molar-refractivity contribution in [3.63, 3.8) is 0 Å². The molecule has 0 bridgehead atoms. The van der Waals surface area contributed by atoms with E-state index < -0.39 is 0 Å². The Morgan fingerprint density at radius 1 is 1.69 bits per heavy atom. The highest BCUT2D eigenvalue weighted by atomic mass is 16.3. The van der Waals surface area contributed by atoms with Gasteiger partial charge in [-0.1, -0.05) is 6.92 Å². The number of hydrogen-bond donors (Lipinski definition) is 1. The topological polar surface area (TPSA) is 59.5 Å². The van der Waals surface area contributed by atoms with Gasteiger partial charge >= 0.3 is 0 Å². The van der Waals surface area contributed by atoms with Crippen molar-refractivity contribution in [1.29, 1.82) is 0 Å². The van der Waals surface area contributed by atoms with Crippen LogP contribution in [0.15, 0.2) is 22.8 Å². The summed E-state index contributed by atoms with van der Waals surface area (Å²) in [6.07, 6.45) is 4.48. The number of nitrogens with two attached hydrogens (primary N) is 1. The third kappa shape index (κ3) is 2.44. The molecular weight excluding hydrogens is 204 g/mol. The normalized spacial score (nSPS) is 17.1. The summed E-state index contributed by atoms with van der Waals surface area (Å²) in [7, 11) is 0. The van der Waals surface area contributed by atoms with Gasteiger partial charge in [-0.2, -0.15) is 0 Å². The first kappa shape index (κ1) is 11.2. The van der Waals surface area contributed by atoms with Crippen LogP contribution in [0.3, 0.4) is 0 Å². The summed E-state index contributed by atoms with van der Waals surface area (Å²) in [5, 5.41) is 0. The molecule has 1 amide bonds. The highest BCUT2D eigenvalue weighted by Gasteiger charge is 2.34. The van der Waals surface area contributed by atoms with Gasteiger partial charge in [0.15, 0.2) is 0 Å². The Kier molecular flexibility index (Phi) is 3.29. The molecule has 4 heteroatoms. The lowest BCUT2D eigenvalue weighted by Crippen LogP contribution is -2.44. The van der Waals surface area contributed by atoms with Gasteiger partial charge in [-0.3, -0.25) is 4.79 Å². The zero-order chi connectivity index (χ0) is 11.5. The molecule has 0 aliphatic heterocycles. The van der Waals surface area contributed by atoms with Gasteiger partial charge in [-0.05, 0) is 31.4 Å². The number of hydrogen-bond acceptors (Lipinski definition) is 3. The molecule has 1 aromatic heterocycles. The largest absolute Gasteiger partial charge is 0.467 e. The minimum absolute atomic E-state index is 0.0430. The van der Waals surface area contributed by atoms with Gasteiger partial charge in [-0.25, -0.2) is 0 Å². The van der Waals surface area contributed by atoms with E-state index in [1.54, 1.807) is 6.26 Å². The Hall–Kier alpha value is -1.29. The number of amides is 1. The van der Waals surface area contributed by atoms with E-state index in [1.165, 1.54) is 0 Å². The lowest BCUT2D eigenvalue weighted by molar-refractivity contribution is -0.134. The number of carbonyl (C=O) groups excluding carboxylic acids is 1. The lowest BCUT2D eigenvalue weighted by atomic mass is 10.2. The maximum absolute atomic E-state index is 12.0. The van der Waals surface area contributed by atoms with Crippen molar-refractivity contribution in [2.75, 3.05) is 0 Å². The Morgan fingerprint density at radius 3 is 2.94 bits per heavy atom. The fourth-order valence-electron chi connectivity index (χ4n) is 1.73. The van der Waals surface area contributed by atoms with Crippen molar-refractivity contribution < 1.29 is 9.21 Å². The third-order valence-corrected chi connectivity index (χ3v) is 2.93. The van der Waals surface area contributed by atoms with Crippen LogP contribution in [-0.2, 0) is 11.3 Å². The predicted octanol–water partition coefficient (Wildman–Crippen LogP) is 1.51. The fourth-order valence-corrected chi connectivity index (χ4v) is 1.73. The van der Waals surface area contributed by atoms with E-state index in [2.05, 4.69) is 0 Å². The molecular formula is C12H18N2O2. The quantitative estimate of drug-likeness (QED) is 0.821. The van der Waals surface area contributed by atoms with Gasteiger partial charge < -0.3 is 15.1 Å². The molecule has 1 fully saturated rings. The Bertz CT molecular complexity index is 344. The second-order valence-electron chi connectivity index (χ2n) is 4.29. The summed E-state index contributed by atoms with van der Waals surface area (Å²) in [4.78, 5) is 13.9. The van der Waals surface area contributed by atoms with Crippen LogP contribution in [0.2, 0.25) is 0 Å². The third-order valence-electron chi connectivity index (χ3n) is 2.93. The summed E-state index contributed by atoms with van der Waals surface area (Å²) in [6.45, 7) is 2.48. The molecule has 1 aliphatic carbocycles. The van der Waals surface area contributed by atoms with Crippen LogP contribution in [0.4, 0.5) is 0 Å². The van der Waals surface area contributed by atoms with Gasteiger partial charge in [0.1, 0.15) is 5.76 Å². The van der Waals surface area contributed by atoms with Crippen molar-refractivity contribution >= 4 is 5.91 Å². The van der Waals surface area contributed by atoms with Crippen molar-refractivity contribution in [1.82, 2.24) is 4.90 Å². The van der Waals surface area contributed by atoms with E-state index in [0.29, 0.717) is 19.0 Å². The first-order chi connectivity index (χ1) is 7.72. The molecule has 2 rings (SSSR count). The molecule has 0 saturated heterocycles. The molecule has 1 heterocycles. The summed E-state index contributed by atoms with van der Waals surface area (Å²) < 4.78 is 5.27. The minimum Gasteiger partial charge on any atom is -0.467 e. The number of furan rings is 1. The monoisotopic (exact) mass is 222 g/mol. The molecule has 1 aliphatic rings. The highest BCUT2D eigenvalue weighted by Crippen LogP contribution is 2.29. The van der Waals surface area contributed by atoms with Crippen LogP contribution in [0.25, 0.3) is 0 Å². The van der Waals surface area contributed by atoms with E-state index >= 15 is 0 Å². The van der Waals surface area contributed by atoms with Crippen LogP contribution in [0, 0.1) is 0 Å². The van der Waals surface area contributed by atoms with Crippen LogP contribution in [-0.4, -0.2) is 22.9 Å². The van der Waals surface area contributed by atoms with Gasteiger partial charge in [-0.15, -0.1) is 0 Å². The van der Waals surface area contributed by atoms with Crippen molar-refractivity contribution in [3.05, 3.63) is 24.2 Å². The zero-order valence-electron chi connectivity index (χ0n) is 9.56. The summed E-state index contributed by atoms with van der Waals surface area (Å²) in [5.74, 6) is 0.866. The molecule has 2 N–H and O–H groups in total. The molecule has 4 nitrogen and oxygen atoms in total. The molecule has 0 spiro atoms. The first-order valence-corrected chi connectivity index (χ1v) is 5.80. The van der Waals surface area contributed by atoms with Gasteiger partial charge in [0.25, 0.3) is 0 Å². The van der Waals surface area contributed by atoms with Crippen LogP contribution < -0.4 is 5.73 Å². The average molecular weight is 222 g/mol. The number of carbonyl (C=O) groups is 1. The number of rotatable bonds is 5. The fraction of sp³-hybridized carbons (Fsp3) is 0.583. The Labute approximate surface area is 95.4 Å². The van der Waals surface area contributed by atoms with Crippen molar-refractivity contribution in [3.8, 4) is 0 Å². The summed E-state index contributed by atoms with van der Waals surface area (Å²) in [6, 6.07) is 3.72. The zero-order valence-corrected chi connectivity index (χ0v) is 9.56. The molecule has 88 valence electrons. The van der Waals surface area contributed by atoms with E-state index in [-0.39, 0.29) is 11.9 Å². The standard InChI is InChI=1S/C12H18N2O2/c1-2-11(13)12(15)14(9-5-6-9)8-10-4-3-7-16-10/h3-4,7,9,11H,2,5-6,8,13H2,1H3/t11-/m1/s1. The molecule has 1 aromatic rings. The second-order valence-corrected chi connectivity index (χ2v) is 4.29. The smallest absolute Gasteiger partial charge is 0.240 e. The van der Waals surface area contributed by atoms with Crippen LogP contribution >= 0.6 is 0 Å². The Balaban J connectivity index is 2.02. The van der Waals surface area contributed by atoms with Gasteiger partial charge in [0.2, 0.25) is 5.91 Å². The first-order valence-electron chi connectivity index (χ1n) is 5.80. The molecule has 0 aromatic carbocycles. The molecule has 16 heavy (non-hydrogen) atoms. The summed E-state index contributed by atoms with van der Waals surface area (Å²) >= 11 is 0. The Morgan fingerprint density at radius 2 is 2.44 bits per heavy atom. The van der Waals surface area contributed by atoms with Crippen LogP contribution in [0.5, 0.6) is 0 Å². The maximum atomic E-state index is 12.0. The molecule has 1 saturated carbocycles. The van der Waals surface area contributed by atoms with E-state index in [4.69, 9.17) is 10.2 Å². The SMILES string of the molecule is CC[C@@H](N)C(=O)N(Cc1ccco1)C1CC1. The number of nitrogens with zero attached hydrogens (tertiary/aromatic N) is 1. The minimum atomic E-state index is -0.379. The van der Waals surface area contributed by atoms with E-state index in [0.717, 1.165) is 18.6 Å². The van der Waals surface area contributed by atoms with Crippen molar-refractivity contribution in [2.45, 2.75) is 44.8 Å². The average Bonchev–Trinajstić information content (AvgIpc) is 3.01. The maximum Gasteiger partial charge on any atom is 0.240 e. The predicted molar refractivity (Wildman–Crippen MR) is 60.5 cm³/mol. The van der Waals surface area contributed by atoms with E-state index in [9.17, 15) is 4.79 Å². The second kappa shape index (κ2) is 4.70. The van der Waals surface area contributed by atoms with E-state index in [1.807, 2.05) is 24.0 Å².